The van der Waals surface area contributed by atoms with E-state index in [1.165, 1.54) is 23.4 Å². The Morgan fingerprint density at radius 1 is 1.42 bits per heavy atom. The largest absolute Gasteiger partial charge is 0.369 e. The van der Waals surface area contributed by atoms with Gasteiger partial charge in [-0.05, 0) is 0 Å². The molecule has 3 rings (SSSR count). The van der Waals surface area contributed by atoms with Crippen LogP contribution in [0.2, 0.25) is 5.02 Å². The molecule has 10 nitrogen and oxygen atoms in total. The van der Waals surface area contributed by atoms with Crippen LogP contribution in [0.4, 0.5) is 5.82 Å². The molecule has 126 valence electrons. The molecule has 11 heteroatoms. The van der Waals surface area contributed by atoms with Crippen LogP contribution in [0.1, 0.15) is 10.5 Å². The summed E-state index contributed by atoms with van der Waals surface area (Å²) in [5.41, 5.74) is 4.95. The van der Waals surface area contributed by atoms with Gasteiger partial charge in [-0.15, -0.1) is 5.10 Å². The zero-order valence-corrected chi connectivity index (χ0v) is 13.6. The first-order chi connectivity index (χ1) is 11.4. The SMILES string of the molecule is Cn1nncc1C(=O)NCC1(C(N)=O)CN(c2ncncc2Cl)C1. The molecule has 0 aromatic carbocycles. The quantitative estimate of drug-likeness (QED) is 0.705. The van der Waals surface area contributed by atoms with Gasteiger partial charge in [0.05, 0.1) is 12.4 Å². The maximum atomic E-state index is 12.1. The van der Waals surface area contributed by atoms with Crippen LogP contribution in [-0.4, -0.2) is 56.4 Å². The van der Waals surface area contributed by atoms with Gasteiger partial charge in [0.2, 0.25) is 5.91 Å². The third-order valence-electron chi connectivity index (χ3n) is 3.99. The molecular weight excluding hydrogens is 336 g/mol. The van der Waals surface area contributed by atoms with Crippen molar-refractivity contribution in [2.45, 2.75) is 0 Å². The Morgan fingerprint density at radius 2 is 2.17 bits per heavy atom. The van der Waals surface area contributed by atoms with Crippen molar-refractivity contribution in [2.75, 3.05) is 24.5 Å². The van der Waals surface area contributed by atoms with Crippen molar-refractivity contribution in [1.82, 2.24) is 30.3 Å². The lowest BCUT2D eigenvalue weighted by Crippen LogP contribution is -2.67. The summed E-state index contributed by atoms with van der Waals surface area (Å²) in [6.45, 7) is 0.720. The van der Waals surface area contributed by atoms with Crippen molar-refractivity contribution in [3.63, 3.8) is 0 Å². The number of nitrogens with two attached hydrogens (primary N) is 1. The second-order valence-corrected chi connectivity index (χ2v) is 6.03. The average molecular weight is 351 g/mol. The fraction of sp³-hybridized carbons (Fsp3) is 0.385. The Morgan fingerprint density at radius 3 is 2.75 bits per heavy atom. The van der Waals surface area contributed by atoms with Crippen molar-refractivity contribution in [2.24, 2.45) is 18.2 Å². The van der Waals surface area contributed by atoms with Gasteiger partial charge in [-0.25, -0.2) is 14.6 Å². The van der Waals surface area contributed by atoms with Crippen molar-refractivity contribution in [3.05, 3.63) is 29.4 Å². The van der Waals surface area contributed by atoms with Crippen molar-refractivity contribution < 1.29 is 9.59 Å². The number of amides is 2. The van der Waals surface area contributed by atoms with E-state index in [-0.39, 0.29) is 12.5 Å². The lowest BCUT2D eigenvalue weighted by molar-refractivity contribution is -0.128. The van der Waals surface area contributed by atoms with E-state index in [2.05, 4.69) is 25.6 Å². The van der Waals surface area contributed by atoms with Gasteiger partial charge in [0, 0.05) is 26.7 Å². The Hall–Kier alpha value is -2.75. The number of halogens is 1. The first-order valence-electron chi connectivity index (χ1n) is 7.06. The van der Waals surface area contributed by atoms with Crippen LogP contribution in [0.3, 0.4) is 0 Å². The minimum absolute atomic E-state index is 0.103. The van der Waals surface area contributed by atoms with Gasteiger partial charge in [-0.3, -0.25) is 9.59 Å². The fourth-order valence-corrected chi connectivity index (χ4v) is 2.79. The van der Waals surface area contributed by atoms with Crippen molar-refractivity contribution in [3.8, 4) is 0 Å². The smallest absolute Gasteiger partial charge is 0.271 e. The van der Waals surface area contributed by atoms with E-state index in [1.54, 1.807) is 7.05 Å². The molecule has 2 aromatic heterocycles. The van der Waals surface area contributed by atoms with Gasteiger partial charge >= 0.3 is 0 Å². The topological polar surface area (TPSA) is 132 Å². The molecule has 1 aliphatic rings. The summed E-state index contributed by atoms with van der Waals surface area (Å²) in [6.07, 6.45) is 4.20. The third kappa shape index (κ3) is 2.75. The molecule has 0 atom stereocenters. The highest BCUT2D eigenvalue weighted by Crippen LogP contribution is 2.35. The van der Waals surface area contributed by atoms with Crippen LogP contribution in [0, 0.1) is 5.41 Å². The van der Waals surface area contributed by atoms with E-state index >= 15 is 0 Å². The van der Waals surface area contributed by atoms with Gasteiger partial charge in [-0.1, -0.05) is 16.8 Å². The minimum Gasteiger partial charge on any atom is -0.369 e. The Labute approximate surface area is 142 Å². The summed E-state index contributed by atoms with van der Waals surface area (Å²) >= 11 is 6.05. The first-order valence-corrected chi connectivity index (χ1v) is 7.44. The van der Waals surface area contributed by atoms with Gasteiger partial charge in [0.25, 0.3) is 5.91 Å². The van der Waals surface area contributed by atoms with E-state index in [0.717, 1.165) is 0 Å². The lowest BCUT2D eigenvalue weighted by Gasteiger charge is -2.48. The summed E-state index contributed by atoms with van der Waals surface area (Å²) in [5.74, 6) is -0.334. The Balaban J connectivity index is 1.67. The number of nitrogens with one attached hydrogen (secondary N) is 1. The number of nitrogens with zero attached hydrogens (tertiary/aromatic N) is 6. The van der Waals surface area contributed by atoms with Crippen LogP contribution in [0.15, 0.2) is 18.7 Å². The van der Waals surface area contributed by atoms with Crippen LogP contribution in [-0.2, 0) is 11.8 Å². The molecule has 0 bridgehead atoms. The Kier molecular flexibility index (Phi) is 4.06. The van der Waals surface area contributed by atoms with Gasteiger partial charge in [-0.2, -0.15) is 0 Å². The predicted molar refractivity (Wildman–Crippen MR) is 84.2 cm³/mol. The molecule has 0 saturated carbocycles. The summed E-state index contributed by atoms with van der Waals surface area (Å²) in [4.78, 5) is 33.7. The number of aromatic nitrogens is 5. The molecule has 3 heterocycles. The van der Waals surface area contributed by atoms with E-state index in [1.807, 2.05) is 4.90 Å². The van der Waals surface area contributed by atoms with Crippen LogP contribution < -0.4 is 16.0 Å². The maximum absolute atomic E-state index is 12.1. The van der Waals surface area contributed by atoms with Crippen LogP contribution >= 0.6 is 11.6 Å². The molecule has 1 saturated heterocycles. The van der Waals surface area contributed by atoms with Gasteiger partial charge in [0.15, 0.2) is 5.82 Å². The number of hydrogen-bond acceptors (Lipinski definition) is 7. The van der Waals surface area contributed by atoms with Crippen molar-refractivity contribution >= 4 is 29.2 Å². The molecule has 0 spiro atoms. The monoisotopic (exact) mass is 350 g/mol. The van der Waals surface area contributed by atoms with Crippen LogP contribution in [0.25, 0.3) is 0 Å². The zero-order chi connectivity index (χ0) is 17.3. The molecule has 3 N–H and O–H groups in total. The molecule has 0 radical (unpaired) electrons. The highest BCUT2D eigenvalue weighted by atomic mass is 35.5. The highest BCUT2D eigenvalue weighted by molar-refractivity contribution is 6.32. The number of carbonyl (C=O) groups excluding carboxylic acids is 2. The number of rotatable bonds is 5. The predicted octanol–water partition coefficient (Wildman–Crippen LogP) is -1.02. The van der Waals surface area contributed by atoms with Crippen LogP contribution in [0.5, 0.6) is 0 Å². The van der Waals surface area contributed by atoms with Crippen molar-refractivity contribution in [1.29, 1.82) is 0 Å². The number of carbonyl (C=O) groups is 2. The summed E-state index contributed by atoms with van der Waals surface area (Å²) in [5, 5.41) is 10.4. The third-order valence-corrected chi connectivity index (χ3v) is 4.26. The normalized spacial score (nSPS) is 15.7. The lowest BCUT2D eigenvalue weighted by atomic mass is 9.78. The molecule has 0 aliphatic carbocycles. The Bertz CT molecular complexity index is 786. The van der Waals surface area contributed by atoms with E-state index in [9.17, 15) is 9.59 Å². The minimum atomic E-state index is -0.879. The van der Waals surface area contributed by atoms with Gasteiger partial charge in [0.1, 0.15) is 22.5 Å². The second-order valence-electron chi connectivity index (χ2n) is 5.62. The maximum Gasteiger partial charge on any atom is 0.271 e. The van der Waals surface area contributed by atoms with E-state index in [0.29, 0.717) is 29.6 Å². The molecular formula is C13H15ClN8O2. The average Bonchev–Trinajstić information content (AvgIpc) is 2.93. The second kappa shape index (κ2) is 6.04. The molecule has 1 aliphatic heterocycles. The van der Waals surface area contributed by atoms with E-state index in [4.69, 9.17) is 17.3 Å². The standard InChI is InChI=1S/C13H15ClN8O2/c1-21-9(3-19-20-21)11(23)17-4-13(12(15)24)5-22(6-13)10-8(14)2-16-7-18-10/h2-3,7H,4-6H2,1H3,(H2,15,24)(H,17,23). The summed E-state index contributed by atoms with van der Waals surface area (Å²) in [6, 6.07) is 0. The highest BCUT2D eigenvalue weighted by Gasteiger charge is 2.49. The van der Waals surface area contributed by atoms with Gasteiger partial charge < -0.3 is 16.0 Å². The summed E-state index contributed by atoms with van der Waals surface area (Å²) in [7, 11) is 1.61. The summed E-state index contributed by atoms with van der Waals surface area (Å²) < 4.78 is 1.35. The number of hydrogen-bond donors (Lipinski definition) is 2. The number of aryl methyl sites for hydroxylation is 1. The zero-order valence-electron chi connectivity index (χ0n) is 12.8. The molecule has 2 aromatic rings. The van der Waals surface area contributed by atoms with E-state index < -0.39 is 11.3 Å². The fourth-order valence-electron chi connectivity index (χ4n) is 2.56. The molecule has 24 heavy (non-hydrogen) atoms. The first kappa shape index (κ1) is 16.1. The molecule has 1 fully saturated rings. The number of primary amides is 1. The molecule has 2 amide bonds. The molecule has 0 unspecified atom stereocenters. The number of anilines is 1.